The zero-order valence-corrected chi connectivity index (χ0v) is 14.9. The Kier molecular flexibility index (Phi) is 5.89. The van der Waals surface area contributed by atoms with E-state index in [1.54, 1.807) is 12.1 Å². The summed E-state index contributed by atoms with van der Waals surface area (Å²) in [6.07, 6.45) is 3.23. The van der Waals surface area contributed by atoms with Crippen molar-refractivity contribution in [3.05, 3.63) is 65.7 Å². The molecule has 2 aromatic rings. The summed E-state index contributed by atoms with van der Waals surface area (Å²) in [4.78, 5) is 24.7. The largest absolute Gasteiger partial charge is 0.412 e. The number of nitrogens with one attached hydrogen (secondary N) is 2. The first-order valence-electron chi connectivity index (χ1n) is 9.03. The van der Waals surface area contributed by atoms with Crippen molar-refractivity contribution < 1.29 is 14.3 Å². The number of rotatable bonds is 4. The fraction of sp³-hybridized carbons (Fsp3) is 0.333. The molecule has 26 heavy (non-hydrogen) atoms. The molecule has 5 nitrogen and oxygen atoms in total. The molecule has 1 aliphatic carbocycles. The van der Waals surface area contributed by atoms with E-state index in [4.69, 9.17) is 4.74 Å². The molecule has 0 saturated heterocycles. The number of carbonyl (C=O) groups excluding carboxylic acids is 2. The van der Waals surface area contributed by atoms with Gasteiger partial charge in [0.05, 0.1) is 6.04 Å². The third-order valence-electron chi connectivity index (χ3n) is 4.65. The number of carbonyl (C=O) groups is 2. The molecule has 0 aromatic heterocycles. The summed E-state index contributed by atoms with van der Waals surface area (Å²) in [6.45, 7) is 1.99. The monoisotopic (exact) mass is 352 g/mol. The van der Waals surface area contributed by atoms with Gasteiger partial charge in [0.1, 0.15) is 5.75 Å². The van der Waals surface area contributed by atoms with Crippen LogP contribution in [-0.4, -0.2) is 24.1 Å². The van der Waals surface area contributed by atoms with Crippen LogP contribution in [0.3, 0.4) is 0 Å². The third kappa shape index (κ3) is 4.85. The highest BCUT2D eigenvalue weighted by Crippen LogP contribution is 2.20. The molecule has 0 heterocycles. The molecule has 1 fully saturated rings. The minimum Gasteiger partial charge on any atom is -0.410 e. The molecule has 0 radical (unpaired) electrons. The number of aryl methyl sites for hydroxylation is 1. The first kappa shape index (κ1) is 18.0. The van der Waals surface area contributed by atoms with Crippen molar-refractivity contribution in [2.75, 3.05) is 0 Å². The lowest BCUT2D eigenvalue weighted by Crippen LogP contribution is -2.53. The minimum atomic E-state index is -0.488. The minimum absolute atomic E-state index is 0.0964. The van der Waals surface area contributed by atoms with E-state index in [1.807, 2.05) is 49.4 Å². The maximum atomic E-state index is 12.5. The molecule has 2 aromatic carbocycles. The van der Waals surface area contributed by atoms with Gasteiger partial charge < -0.3 is 15.4 Å². The zero-order valence-electron chi connectivity index (χ0n) is 14.9. The number of para-hydroxylation sites is 1. The topological polar surface area (TPSA) is 67.4 Å². The summed E-state index contributed by atoms with van der Waals surface area (Å²) in [7, 11) is 0. The standard InChI is InChI=1S/C21H24N2O3/c1-15-11-13-16(14-12-15)20(24)22-18-9-5-6-10-19(18)23-21(25)26-17-7-3-2-4-8-17/h2-4,7-8,11-14,18-19H,5-6,9-10H2,1H3,(H,22,24)(H,23,25)/t18-,19-/m1/s1. The Balaban J connectivity index is 1.59. The van der Waals surface area contributed by atoms with Gasteiger partial charge in [0.15, 0.2) is 0 Å². The summed E-state index contributed by atoms with van der Waals surface area (Å²) in [5, 5.41) is 5.97. The van der Waals surface area contributed by atoms with Gasteiger partial charge in [0.25, 0.3) is 5.91 Å². The Bertz CT molecular complexity index is 744. The second kappa shape index (κ2) is 8.52. The first-order chi connectivity index (χ1) is 12.6. The molecule has 1 saturated carbocycles. The predicted octanol–water partition coefficient (Wildman–Crippen LogP) is 3.82. The lowest BCUT2D eigenvalue weighted by molar-refractivity contribution is 0.0913. The molecule has 2 atom stereocenters. The molecule has 136 valence electrons. The van der Waals surface area contributed by atoms with Gasteiger partial charge in [-0.2, -0.15) is 0 Å². The quantitative estimate of drug-likeness (QED) is 0.879. The van der Waals surface area contributed by atoms with Crippen molar-refractivity contribution in [2.24, 2.45) is 0 Å². The Labute approximate surface area is 153 Å². The van der Waals surface area contributed by atoms with Crippen LogP contribution < -0.4 is 15.4 Å². The highest BCUT2D eigenvalue weighted by atomic mass is 16.6. The Morgan fingerprint density at radius 2 is 1.50 bits per heavy atom. The van der Waals surface area contributed by atoms with E-state index in [0.717, 1.165) is 31.2 Å². The zero-order chi connectivity index (χ0) is 18.4. The normalized spacial score (nSPS) is 19.4. The van der Waals surface area contributed by atoms with Crippen LogP contribution >= 0.6 is 0 Å². The van der Waals surface area contributed by atoms with Crippen LogP contribution in [0.2, 0.25) is 0 Å². The number of benzene rings is 2. The summed E-state index contributed by atoms with van der Waals surface area (Å²) >= 11 is 0. The SMILES string of the molecule is Cc1ccc(C(=O)N[C@@H]2CCCC[C@H]2NC(=O)Oc2ccccc2)cc1. The fourth-order valence-corrected chi connectivity index (χ4v) is 3.21. The first-order valence-corrected chi connectivity index (χ1v) is 9.03. The van der Waals surface area contributed by atoms with Crippen molar-refractivity contribution in [2.45, 2.75) is 44.7 Å². The lowest BCUT2D eigenvalue weighted by atomic mass is 9.90. The van der Waals surface area contributed by atoms with Crippen LogP contribution in [-0.2, 0) is 0 Å². The van der Waals surface area contributed by atoms with E-state index in [0.29, 0.717) is 11.3 Å². The van der Waals surface area contributed by atoms with Crippen molar-refractivity contribution in [1.82, 2.24) is 10.6 Å². The molecule has 3 rings (SSSR count). The van der Waals surface area contributed by atoms with Crippen LogP contribution in [0.4, 0.5) is 4.79 Å². The van der Waals surface area contributed by atoms with E-state index < -0.39 is 6.09 Å². The van der Waals surface area contributed by atoms with Crippen molar-refractivity contribution in [3.8, 4) is 5.75 Å². The van der Waals surface area contributed by atoms with Crippen molar-refractivity contribution in [1.29, 1.82) is 0 Å². The highest BCUT2D eigenvalue weighted by Gasteiger charge is 2.28. The Morgan fingerprint density at radius 3 is 2.15 bits per heavy atom. The van der Waals surface area contributed by atoms with Gasteiger partial charge in [-0.1, -0.05) is 48.7 Å². The molecule has 0 unspecified atom stereocenters. The average Bonchev–Trinajstić information content (AvgIpc) is 2.64. The molecule has 2 amide bonds. The van der Waals surface area contributed by atoms with Gasteiger partial charge in [0, 0.05) is 11.6 Å². The van der Waals surface area contributed by atoms with Gasteiger partial charge in [0.2, 0.25) is 0 Å². The van der Waals surface area contributed by atoms with E-state index in [9.17, 15) is 9.59 Å². The number of amides is 2. The third-order valence-corrected chi connectivity index (χ3v) is 4.65. The van der Waals surface area contributed by atoms with Gasteiger partial charge >= 0.3 is 6.09 Å². The summed E-state index contributed by atoms with van der Waals surface area (Å²) in [6, 6.07) is 16.2. The van der Waals surface area contributed by atoms with Gasteiger partial charge in [-0.15, -0.1) is 0 Å². The van der Waals surface area contributed by atoms with E-state index >= 15 is 0 Å². The number of ether oxygens (including phenoxy) is 1. The van der Waals surface area contributed by atoms with Gasteiger partial charge in [-0.25, -0.2) is 4.79 Å². The second-order valence-corrected chi connectivity index (χ2v) is 6.68. The highest BCUT2D eigenvalue weighted by molar-refractivity contribution is 5.94. The Hall–Kier alpha value is -2.82. The fourth-order valence-electron chi connectivity index (χ4n) is 3.21. The van der Waals surface area contributed by atoms with Gasteiger partial charge in [-0.3, -0.25) is 4.79 Å². The molecule has 0 spiro atoms. The summed E-state index contributed by atoms with van der Waals surface area (Å²) in [5.74, 6) is 0.390. The van der Waals surface area contributed by atoms with Crippen LogP contribution in [0.25, 0.3) is 0 Å². The van der Waals surface area contributed by atoms with Crippen molar-refractivity contribution >= 4 is 12.0 Å². The van der Waals surface area contributed by atoms with E-state index in [1.165, 1.54) is 0 Å². The molecule has 0 aliphatic heterocycles. The molecular formula is C21H24N2O3. The smallest absolute Gasteiger partial charge is 0.410 e. The average molecular weight is 352 g/mol. The molecule has 2 N–H and O–H groups in total. The second-order valence-electron chi connectivity index (χ2n) is 6.68. The lowest BCUT2D eigenvalue weighted by Gasteiger charge is -2.32. The maximum Gasteiger partial charge on any atom is 0.412 e. The number of hydrogen-bond donors (Lipinski definition) is 2. The molecule has 5 heteroatoms. The van der Waals surface area contributed by atoms with Crippen LogP contribution in [0.15, 0.2) is 54.6 Å². The Morgan fingerprint density at radius 1 is 0.885 bits per heavy atom. The van der Waals surface area contributed by atoms with E-state index in [2.05, 4.69) is 10.6 Å². The molecule has 1 aliphatic rings. The van der Waals surface area contributed by atoms with Crippen LogP contribution in [0.5, 0.6) is 5.75 Å². The van der Waals surface area contributed by atoms with Gasteiger partial charge in [-0.05, 0) is 44.0 Å². The van der Waals surface area contributed by atoms with Crippen LogP contribution in [0, 0.1) is 6.92 Å². The summed E-state index contributed by atoms with van der Waals surface area (Å²) < 4.78 is 5.31. The molecule has 0 bridgehead atoms. The molecular weight excluding hydrogens is 328 g/mol. The number of hydrogen-bond acceptors (Lipinski definition) is 3. The maximum absolute atomic E-state index is 12.5. The van der Waals surface area contributed by atoms with Crippen molar-refractivity contribution in [3.63, 3.8) is 0 Å². The predicted molar refractivity (Wildman–Crippen MR) is 100 cm³/mol. The summed E-state index contributed by atoms with van der Waals surface area (Å²) in [5.41, 5.74) is 1.74. The van der Waals surface area contributed by atoms with Crippen LogP contribution in [0.1, 0.15) is 41.6 Å². The van der Waals surface area contributed by atoms with E-state index in [-0.39, 0.29) is 18.0 Å².